The number of aromatic nitrogens is 1. The van der Waals surface area contributed by atoms with Crippen LogP contribution in [-0.4, -0.2) is 10.9 Å². The third-order valence-electron chi connectivity index (χ3n) is 3.60. The molecule has 22 heavy (non-hydrogen) atoms. The van der Waals surface area contributed by atoms with E-state index in [9.17, 15) is 4.79 Å². The normalized spacial score (nSPS) is 14.5. The van der Waals surface area contributed by atoms with Gasteiger partial charge in [0.05, 0.1) is 0 Å². The molecule has 1 amide bonds. The lowest BCUT2D eigenvalue weighted by Gasteiger charge is -1.99. The van der Waals surface area contributed by atoms with Crippen molar-refractivity contribution in [1.82, 2.24) is 4.98 Å². The van der Waals surface area contributed by atoms with Crippen LogP contribution in [0.5, 0.6) is 0 Å². The summed E-state index contributed by atoms with van der Waals surface area (Å²) in [5, 5.41) is 4.03. The van der Waals surface area contributed by atoms with Gasteiger partial charge in [0.25, 0.3) is 5.91 Å². The Kier molecular flexibility index (Phi) is 3.79. The van der Waals surface area contributed by atoms with Crippen LogP contribution in [0.15, 0.2) is 54.7 Å². The molecule has 1 aliphatic heterocycles. The fraction of sp³-hybridized carbons (Fsp3) is 0.105. The molecule has 1 aliphatic rings. The van der Waals surface area contributed by atoms with E-state index in [1.165, 1.54) is 0 Å². The van der Waals surface area contributed by atoms with E-state index in [2.05, 4.69) is 16.4 Å². The Morgan fingerprint density at radius 3 is 2.68 bits per heavy atom. The minimum Gasteiger partial charge on any atom is -0.361 e. The van der Waals surface area contributed by atoms with Crippen LogP contribution in [0.4, 0.5) is 5.69 Å². The number of para-hydroxylation sites is 1. The minimum atomic E-state index is -0.0413. The van der Waals surface area contributed by atoms with Crippen molar-refractivity contribution in [3.63, 3.8) is 0 Å². The van der Waals surface area contributed by atoms with E-state index in [0.717, 1.165) is 33.3 Å². The van der Waals surface area contributed by atoms with E-state index >= 15 is 0 Å². The summed E-state index contributed by atoms with van der Waals surface area (Å²) in [5.41, 5.74) is 4.69. The second kappa shape index (κ2) is 5.90. The molecular formula is C19H18N2O. The average molecular weight is 290 g/mol. The number of aromatic amines is 1. The molecular weight excluding hydrogens is 272 g/mol. The number of amides is 1. The monoisotopic (exact) mass is 290 g/mol. The molecule has 0 saturated carbocycles. The average Bonchev–Trinajstić information content (AvgIpc) is 3.14. The Labute approximate surface area is 129 Å². The van der Waals surface area contributed by atoms with Gasteiger partial charge in [-0.1, -0.05) is 38.1 Å². The molecule has 110 valence electrons. The molecule has 0 bridgehead atoms. The molecule has 0 radical (unpaired) electrons. The van der Waals surface area contributed by atoms with Crippen molar-refractivity contribution in [2.75, 3.05) is 5.32 Å². The summed E-state index contributed by atoms with van der Waals surface area (Å²) < 4.78 is 0. The Morgan fingerprint density at radius 1 is 1.00 bits per heavy atom. The van der Waals surface area contributed by atoms with Crippen LogP contribution in [0.2, 0.25) is 0 Å². The first-order valence-corrected chi connectivity index (χ1v) is 7.51. The maximum Gasteiger partial charge on any atom is 0.256 e. The summed E-state index contributed by atoms with van der Waals surface area (Å²) in [6.07, 6.45) is 3.85. The molecule has 3 aromatic rings. The third-order valence-corrected chi connectivity index (χ3v) is 3.60. The number of rotatable bonds is 1. The number of fused-ring (bicyclic) bond motifs is 2. The maximum absolute atomic E-state index is 12.1. The quantitative estimate of drug-likeness (QED) is 0.628. The Hall–Kier alpha value is -2.81. The van der Waals surface area contributed by atoms with E-state index in [1.807, 2.05) is 68.6 Å². The lowest BCUT2D eigenvalue weighted by molar-refractivity contribution is -0.110. The zero-order valence-corrected chi connectivity index (χ0v) is 12.7. The van der Waals surface area contributed by atoms with E-state index in [-0.39, 0.29) is 5.91 Å². The van der Waals surface area contributed by atoms with Gasteiger partial charge in [-0.2, -0.15) is 0 Å². The summed E-state index contributed by atoms with van der Waals surface area (Å²) >= 11 is 0. The molecule has 3 heteroatoms. The van der Waals surface area contributed by atoms with Crippen LogP contribution in [0.1, 0.15) is 25.0 Å². The fourth-order valence-electron chi connectivity index (χ4n) is 2.61. The number of hydrogen-bond donors (Lipinski definition) is 2. The number of hydrogen-bond acceptors (Lipinski definition) is 1. The van der Waals surface area contributed by atoms with Crippen molar-refractivity contribution in [2.24, 2.45) is 0 Å². The van der Waals surface area contributed by atoms with Gasteiger partial charge in [-0.3, -0.25) is 4.79 Å². The molecule has 1 aromatic heterocycles. The molecule has 0 saturated heterocycles. The van der Waals surface area contributed by atoms with Crippen molar-refractivity contribution in [2.45, 2.75) is 13.8 Å². The lowest BCUT2D eigenvalue weighted by atomic mass is 10.0. The minimum absolute atomic E-state index is 0.0413. The lowest BCUT2D eigenvalue weighted by Crippen LogP contribution is -2.03. The van der Waals surface area contributed by atoms with Crippen molar-refractivity contribution in [1.29, 1.82) is 0 Å². The first-order valence-electron chi connectivity index (χ1n) is 7.51. The first-order chi connectivity index (χ1) is 10.8. The number of anilines is 1. The van der Waals surface area contributed by atoms with Crippen LogP contribution in [0, 0.1) is 0 Å². The zero-order chi connectivity index (χ0) is 15.5. The van der Waals surface area contributed by atoms with Crippen LogP contribution in [-0.2, 0) is 4.79 Å². The molecule has 0 fully saturated rings. The first kappa shape index (κ1) is 14.1. The van der Waals surface area contributed by atoms with Gasteiger partial charge < -0.3 is 10.3 Å². The van der Waals surface area contributed by atoms with Crippen molar-refractivity contribution in [3.8, 4) is 0 Å². The predicted molar refractivity (Wildman–Crippen MR) is 92.6 cm³/mol. The summed E-state index contributed by atoms with van der Waals surface area (Å²) in [6, 6.07) is 15.9. The van der Waals surface area contributed by atoms with Crippen molar-refractivity contribution < 1.29 is 4.79 Å². The van der Waals surface area contributed by atoms with Gasteiger partial charge in [0.2, 0.25) is 0 Å². The molecule has 4 rings (SSSR count). The zero-order valence-electron chi connectivity index (χ0n) is 12.7. The Balaban J connectivity index is 0.000000693. The summed E-state index contributed by atoms with van der Waals surface area (Å²) in [5.74, 6) is -0.0413. The number of benzene rings is 2. The number of nitrogens with one attached hydrogen (secondary N) is 2. The van der Waals surface area contributed by atoms with E-state index in [4.69, 9.17) is 0 Å². The maximum atomic E-state index is 12.1. The number of carbonyl (C=O) groups is 1. The standard InChI is InChI=1S/C17H12N2O.C2H6/c20-17-14(13-3-1-2-4-16(13)19-17)10-11-5-6-15-12(9-11)7-8-18-15;1-2/h1-10,18H,(H,19,20);1-2H3. The third kappa shape index (κ3) is 2.42. The molecule has 0 spiro atoms. The van der Waals surface area contributed by atoms with Gasteiger partial charge in [-0.05, 0) is 41.3 Å². The van der Waals surface area contributed by atoms with E-state index < -0.39 is 0 Å². The van der Waals surface area contributed by atoms with Gasteiger partial charge in [0, 0.05) is 28.5 Å². The van der Waals surface area contributed by atoms with Crippen LogP contribution >= 0.6 is 0 Å². The van der Waals surface area contributed by atoms with Gasteiger partial charge in [-0.15, -0.1) is 0 Å². The summed E-state index contributed by atoms with van der Waals surface area (Å²) in [4.78, 5) is 15.2. The predicted octanol–water partition coefficient (Wildman–Crippen LogP) is 4.69. The fourth-order valence-corrected chi connectivity index (χ4v) is 2.61. The SMILES string of the molecule is CC.O=C1Nc2ccccc2C1=Cc1ccc2[nH]ccc2c1. The van der Waals surface area contributed by atoms with Crippen molar-refractivity contribution in [3.05, 3.63) is 65.9 Å². The number of carbonyl (C=O) groups excluding carboxylic acids is 1. The molecule has 0 atom stereocenters. The second-order valence-corrected chi connectivity index (χ2v) is 4.88. The highest BCUT2D eigenvalue weighted by atomic mass is 16.2. The largest absolute Gasteiger partial charge is 0.361 e. The highest BCUT2D eigenvalue weighted by Gasteiger charge is 2.23. The molecule has 3 nitrogen and oxygen atoms in total. The van der Waals surface area contributed by atoms with E-state index in [1.54, 1.807) is 0 Å². The second-order valence-electron chi connectivity index (χ2n) is 4.88. The van der Waals surface area contributed by atoms with Crippen LogP contribution in [0.25, 0.3) is 22.6 Å². The van der Waals surface area contributed by atoms with Crippen LogP contribution in [0.3, 0.4) is 0 Å². The highest BCUT2D eigenvalue weighted by Crippen LogP contribution is 2.32. The topological polar surface area (TPSA) is 44.9 Å². The van der Waals surface area contributed by atoms with Crippen LogP contribution < -0.4 is 5.32 Å². The molecule has 2 N–H and O–H groups in total. The van der Waals surface area contributed by atoms with Crippen molar-refractivity contribution >= 4 is 34.1 Å². The molecule has 0 unspecified atom stereocenters. The van der Waals surface area contributed by atoms with Gasteiger partial charge in [0.1, 0.15) is 0 Å². The van der Waals surface area contributed by atoms with E-state index in [0.29, 0.717) is 0 Å². The highest BCUT2D eigenvalue weighted by molar-refractivity contribution is 6.34. The Bertz CT molecular complexity index is 859. The summed E-state index contributed by atoms with van der Waals surface area (Å²) in [6.45, 7) is 4.00. The molecule has 2 heterocycles. The molecule has 2 aromatic carbocycles. The van der Waals surface area contributed by atoms with Gasteiger partial charge >= 0.3 is 0 Å². The smallest absolute Gasteiger partial charge is 0.256 e. The Morgan fingerprint density at radius 2 is 1.82 bits per heavy atom. The number of H-pyrrole nitrogens is 1. The summed E-state index contributed by atoms with van der Waals surface area (Å²) in [7, 11) is 0. The van der Waals surface area contributed by atoms with Gasteiger partial charge in [-0.25, -0.2) is 0 Å². The van der Waals surface area contributed by atoms with Gasteiger partial charge in [0.15, 0.2) is 0 Å². The molecule has 0 aliphatic carbocycles.